The molecule has 0 aliphatic carbocycles. The summed E-state index contributed by atoms with van der Waals surface area (Å²) in [5, 5.41) is 0. The summed E-state index contributed by atoms with van der Waals surface area (Å²) < 4.78 is 50.1. The van der Waals surface area contributed by atoms with Gasteiger partial charge in [0, 0.05) is 5.56 Å². The fourth-order valence-electron chi connectivity index (χ4n) is 1.53. The van der Waals surface area contributed by atoms with Crippen LogP contribution in [0.2, 0.25) is 0 Å². The van der Waals surface area contributed by atoms with Gasteiger partial charge in [-0.15, -0.1) is 0 Å². The van der Waals surface area contributed by atoms with Gasteiger partial charge in [-0.05, 0) is 30.7 Å². The van der Waals surface area contributed by atoms with Gasteiger partial charge in [-0.25, -0.2) is 4.39 Å². The first-order valence-corrected chi connectivity index (χ1v) is 6.18. The summed E-state index contributed by atoms with van der Waals surface area (Å²) in [5.74, 6) is -0.439. The highest BCUT2D eigenvalue weighted by Crippen LogP contribution is 2.30. The number of aryl methyl sites for hydroxylation is 1. The topological polar surface area (TPSA) is 12.9 Å². The predicted octanol–water partition coefficient (Wildman–Crippen LogP) is 5.24. The fourth-order valence-corrected chi connectivity index (χ4v) is 1.53. The maximum absolute atomic E-state index is 13.0. The van der Waals surface area contributed by atoms with Gasteiger partial charge in [0.15, 0.2) is 0 Å². The summed E-state index contributed by atoms with van der Waals surface area (Å²) in [6.07, 6.45) is -3.30. The maximum Gasteiger partial charge on any atom is 0.416 e. The average Bonchev–Trinajstić information content (AvgIpc) is 2.43. The van der Waals surface area contributed by atoms with Crippen molar-refractivity contribution < 1.29 is 17.6 Å². The smallest absolute Gasteiger partial charge is 0.253 e. The molecular weight excluding hydrogens is 270 g/mol. The van der Waals surface area contributed by atoms with Gasteiger partial charge >= 0.3 is 6.18 Å². The van der Waals surface area contributed by atoms with E-state index in [1.807, 2.05) is 13.8 Å². The first-order chi connectivity index (χ1) is 9.38. The Bertz CT molecular complexity index is 559. The van der Waals surface area contributed by atoms with E-state index >= 15 is 0 Å². The van der Waals surface area contributed by atoms with Gasteiger partial charge < -0.3 is 0 Å². The third-order valence-corrected chi connectivity index (χ3v) is 2.55. The van der Waals surface area contributed by atoms with E-state index in [1.54, 1.807) is 6.92 Å². The van der Waals surface area contributed by atoms with Crippen LogP contribution in [-0.4, -0.2) is 4.98 Å². The molecule has 1 aromatic heterocycles. The molecule has 1 nitrogen and oxygen atoms in total. The van der Waals surface area contributed by atoms with Crippen molar-refractivity contribution in [2.75, 3.05) is 0 Å². The molecule has 0 saturated carbocycles. The second-order valence-electron chi connectivity index (χ2n) is 3.89. The highest BCUT2D eigenvalue weighted by Gasteiger charge is 2.29. The van der Waals surface area contributed by atoms with Crippen molar-refractivity contribution in [3.63, 3.8) is 0 Å². The van der Waals surface area contributed by atoms with Crippen LogP contribution in [0.4, 0.5) is 17.6 Å². The first-order valence-electron chi connectivity index (χ1n) is 6.18. The highest BCUT2D eigenvalue weighted by atomic mass is 19.4. The monoisotopic (exact) mass is 285 g/mol. The number of halogens is 4. The SMILES string of the molecule is CC.Cc1cc(-c2ccc(C(F)(F)F)cc2)ncc1F. The van der Waals surface area contributed by atoms with Crippen LogP contribution in [0.3, 0.4) is 0 Å². The molecule has 0 bridgehead atoms. The minimum Gasteiger partial charge on any atom is -0.253 e. The molecule has 5 heteroatoms. The van der Waals surface area contributed by atoms with Gasteiger partial charge in [0.05, 0.1) is 17.5 Å². The number of benzene rings is 1. The second-order valence-corrected chi connectivity index (χ2v) is 3.89. The normalized spacial score (nSPS) is 10.8. The Balaban J connectivity index is 0.000000956. The van der Waals surface area contributed by atoms with Crippen molar-refractivity contribution in [2.24, 2.45) is 0 Å². The Hall–Kier alpha value is -1.91. The molecule has 0 aliphatic rings. The van der Waals surface area contributed by atoms with Crippen LogP contribution in [0, 0.1) is 12.7 Å². The standard InChI is InChI=1S/C13H9F4N.C2H6/c1-8-6-12(18-7-11(8)14)9-2-4-10(5-3-9)13(15,16)17;1-2/h2-7H,1H3;1-2H3. The number of rotatable bonds is 1. The molecular formula is C15H15F4N. The molecule has 0 radical (unpaired) electrons. The predicted molar refractivity (Wildman–Crippen MR) is 70.7 cm³/mol. The zero-order chi connectivity index (χ0) is 15.3. The molecule has 108 valence electrons. The van der Waals surface area contributed by atoms with E-state index in [4.69, 9.17) is 0 Å². The molecule has 0 N–H and O–H groups in total. The number of alkyl halides is 3. The maximum atomic E-state index is 13.0. The summed E-state index contributed by atoms with van der Waals surface area (Å²) in [5.41, 5.74) is 0.652. The van der Waals surface area contributed by atoms with Crippen LogP contribution < -0.4 is 0 Å². The van der Waals surface area contributed by atoms with Crippen LogP contribution in [-0.2, 0) is 6.18 Å². The van der Waals surface area contributed by atoms with Gasteiger partial charge in [0.25, 0.3) is 0 Å². The molecule has 1 aromatic carbocycles. The summed E-state index contributed by atoms with van der Waals surface area (Å²) in [6.45, 7) is 5.57. The number of aromatic nitrogens is 1. The molecule has 0 fully saturated rings. The van der Waals surface area contributed by atoms with Crippen LogP contribution in [0.1, 0.15) is 25.0 Å². The lowest BCUT2D eigenvalue weighted by Crippen LogP contribution is -2.04. The Kier molecular flexibility index (Phi) is 5.25. The molecule has 0 aliphatic heterocycles. The minimum atomic E-state index is -4.36. The van der Waals surface area contributed by atoms with Gasteiger partial charge in [0.1, 0.15) is 5.82 Å². The molecule has 0 saturated heterocycles. The quantitative estimate of drug-likeness (QED) is 0.653. The van der Waals surface area contributed by atoms with E-state index in [9.17, 15) is 17.6 Å². The number of pyridine rings is 1. The number of hydrogen-bond acceptors (Lipinski definition) is 1. The lowest BCUT2D eigenvalue weighted by molar-refractivity contribution is -0.137. The van der Waals surface area contributed by atoms with E-state index in [1.165, 1.54) is 18.2 Å². The number of nitrogens with zero attached hydrogens (tertiary/aromatic N) is 1. The number of hydrogen-bond donors (Lipinski definition) is 0. The van der Waals surface area contributed by atoms with E-state index in [0.717, 1.165) is 18.3 Å². The summed E-state index contributed by atoms with van der Waals surface area (Å²) in [7, 11) is 0. The van der Waals surface area contributed by atoms with Gasteiger partial charge in [-0.1, -0.05) is 26.0 Å². The van der Waals surface area contributed by atoms with E-state index < -0.39 is 17.6 Å². The van der Waals surface area contributed by atoms with Crippen LogP contribution in [0.25, 0.3) is 11.3 Å². The van der Waals surface area contributed by atoms with Crippen molar-refractivity contribution in [2.45, 2.75) is 26.9 Å². The van der Waals surface area contributed by atoms with Crippen molar-refractivity contribution in [1.29, 1.82) is 0 Å². The zero-order valence-corrected chi connectivity index (χ0v) is 11.4. The molecule has 0 spiro atoms. The molecule has 0 unspecified atom stereocenters. The largest absolute Gasteiger partial charge is 0.416 e. The lowest BCUT2D eigenvalue weighted by Gasteiger charge is -2.07. The van der Waals surface area contributed by atoms with Crippen molar-refractivity contribution in [1.82, 2.24) is 4.98 Å². The Morgan fingerprint density at radius 2 is 1.55 bits per heavy atom. The fraction of sp³-hybridized carbons (Fsp3) is 0.267. The zero-order valence-electron chi connectivity index (χ0n) is 11.4. The van der Waals surface area contributed by atoms with Gasteiger partial charge in [-0.2, -0.15) is 13.2 Å². The first kappa shape index (κ1) is 16.1. The Morgan fingerprint density at radius 1 is 1.00 bits per heavy atom. The summed E-state index contributed by atoms with van der Waals surface area (Å²) in [4.78, 5) is 3.84. The van der Waals surface area contributed by atoms with Crippen molar-refractivity contribution >= 4 is 0 Å². The highest BCUT2D eigenvalue weighted by molar-refractivity contribution is 5.60. The van der Waals surface area contributed by atoms with Crippen LogP contribution >= 0.6 is 0 Å². The lowest BCUT2D eigenvalue weighted by atomic mass is 10.1. The van der Waals surface area contributed by atoms with Crippen LogP contribution in [0.5, 0.6) is 0 Å². The molecule has 0 atom stereocenters. The summed E-state index contributed by atoms with van der Waals surface area (Å²) >= 11 is 0. The van der Waals surface area contributed by atoms with E-state index in [0.29, 0.717) is 16.8 Å². The third kappa shape index (κ3) is 3.79. The Labute approximate surface area is 115 Å². The molecule has 2 aromatic rings. The van der Waals surface area contributed by atoms with Crippen molar-refractivity contribution in [3.8, 4) is 11.3 Å². The molecule has 20 heavy (non-hydrogen) atoms. The molecule has 0 amide bonds. The molecule has 2 rings (SSSR count). The van der Waals surface area contributed by atoms with Crippen LogP contribution in [0.15, 0.2) is 36.5 Å². The van der Waals surface area contributed by atoms with Gasteiger partial charge in [0.2, 0.25) is 0 Å². The average molecular weight is 285 g/mol. The minimum absolute atomic E-state index is 0.403. The summed E-state index contributed by atoms with van der Waals surface area (Å²) in [6, 6.07) is 6.11. The Morgan fingerprint density at radius 3 is 2.00 bits per heavy atom. The molecule has 1 heterocycles. The second kappa shape index (κ2) is 6.50. The van der Waals surface area contributed by atoms with Gasteiger partial charge in [-0.3, -0.25) is 4.98 Å². The third-order valence-electron chi connectivity index (χ3n) is 2.55. The van der Waals surface area contributed by atoms with E-state index in [2.05, 4.69) is 4.98 Å². The van der Waals surface area contributed by atoms with Crippen molar-refractivity contribution in [3.05, 3.63) is 53.5 Å². The van der Waals surface area contributed by atoms with E-state index in [-0.39, 0.29) is 0 Å².